The molecule has 0 radical (unpaired) electrons. The van der Waals surface area contributed by atoms with Crippen molar-refractivity contribution < 1.29 is 4.79 Å². The van der Waals surface area contributed by atoms with Gasteiger partial charge in [0, 0.05) is 16.8 Å². The monoisotopic (exact) mass is 276 g/mol. The maximum atomic E-state index is 12.1. The van der Waals surface area contributed by atoms with E-state index >= 15 is 0 Å². The topological polar surface area (TPSA) is 94.0 Å². The molecule has 0 atom stereocenters. The lowest BCUT2D eigenvalue weighted by Crippen LogP contribution is -2.14. The summed E-state index contributed by atoms with van der Waals surface area (Å²) in [7, 11) is 0. The van der Waals surface area contributed by atoms with E-state index in [0.717, 1.165) is 5.69 Å². The molecule has 0 saturated heterocycles. The van der Waals surface area contributed by atoms with Crippen molar-refractivity contribution in [2.75, 3.05) is 16.8 Å². The van der Waals surface area contributed by atoms with E-state index in [1.165, 1.54) is 11.3 Å². The van der Waals surface area contributed by atoms with E-state index in [-0.39, 0.29) is 5.91 Å². The van der Waals surface area contributed by atoms with Crippen molar-refractivity contribution in [3.8, 4) is 0 Å². The average Bonchev–Trinajstić information content (AvgIpc) is 2.77. The van der Waals surface area contributed by atoms with Gasteiger partial charge >= 0.3 is 0 Å². The van der Waals surface area contributed by atoms with Gasteiger partial charge in [0.05, 0.1) is 11.3 Å². The number of carbonyl (C=O) groups is 1. The fourth-order valence-corrected chi connectivity index (χ4v) is 2.43. The molecule has 0 aliphatic carbocycles. The van der Waals surface area contributed by atoms with Crippen molar-refractivity contribution in [2.24, 2.45) is 0 Å². The Kier molecular flexibility index (Phi) is 3.71. The second kappa shape index (κ2) is 5.27. The van der Waals surface area contributed by atoms with Crippen LogP contribution in [0.15, 0.2) is 23.6 Å². The number of hydrogen-bond donors (Lipinski definition) is 3. The predicted octanol–water partition coefficient (Wildman–Crippen LogP) is 2.68. The van der Waals surface area contributed by atoms with E-state index in [2.05, 4.69) is 24.1 Å². The third-order valence-corrected chi connectivity index (χ3v) is 3.43. The summed E-state index contributed by atoms with van der Waals surface area (Å²) in [5, 5.41) is 5.25. The summed E-state index contributed by atoms with van der Waals surface area (Å²) in [4.78, 5) is 16.4. The molecule has 0 unspecified atom stereocenters. The number of carbonyl (C=O) groups excluding carboxylic acids is 1. The molecule has 0 bridgehead atoms. The normalized spacial score (nSPS) is 10.7. The highest BCUT2D eigenvalue weighted by atomic mass is 32.1. The lowest BCUT2D eigenvalue weighted by molar-refractivity contribution is 0.102. The quantitative estimate of drug-likeness (QED) is 0.751. The molecule has 2 rings (SSSR count). The highest BCUT2D eigenvalue weighted by Gasteiger charge is 2.13. The molecule has 19 heavy (non-hydrogen) atoms. The van der Waals surface area contributed by atoms with E-state index in [1.54, 1.807) is 18.2 Å². The highest BCUT2D eigenvalue weighted by molar-refractivity contribution is 7.14. The van der Waals surface area contributed by atoms with Gasteiger partial charge in [0.1, 0.15) is 0 Å². The number of nitrogens with one attached hydrogen (secondary N) is 1. The number of nitrogen functional groups attached to an aromatic ring is 2. The second-order valence-corrected chi connectivity index (χ2v) is 5.39. The van der Waals surface area contributed by atoms with E-state index in [1.807, 2.05) is 5.38 Å². The predicted molar refractivity (Wildman–Crippen MR) is 79.4 cm³/mol. The highest BCUT2D eigenvalue weighted by Crippen LogP contribution is 2.23. The van der Waals surface area contributed by atoms with E-state index < -0.39 is 0 Å². The third-order valence-electron chi connectivity index (χ3n) is 2.65. The molecule has 1 amide bonds. The van der Waals surface area contributed by atoms with Crippen LogP contribution in [-0.2, 0) is 0 Å². The van der Waals surface area contributed by atoms with E-state index in [9.17, 15) is 4.79 Å². The van der Waals surface area contributed by atoms with Gasteiger partial charge in [-0.2, -0.15) is 0 Å². The third kappa shape index (κ3) is 3.03. The van der Waals surface area contributed by atoms with Crippen molar-refractivity contribution >= 4 is 33.8 Å². The number of benzene rings is 1. The minimum absolute atomic E-state index is 0.276. The molecule has 0 spiro atoms. The molecular weight excluding hydrogens is 260 g/mol. The van der Waals surface area contributed by atoms with Crippen LogP contribution < -0.4 is 16.8 Å². The molecule has 0 aliphatic rings. The summed E-state index contributed by atoms with van der Waals surface area (Å²) < 4.78 is 0. The smallest absolute Gasteiger partial charge is 0.259 e. The molecule has 5 nitrogen and oxygen atoms in total. The maximum absolute atomic E-state index is 12.1. The fourth-order valence-electron chi connectivity index (χ4n) is 1.56. The first-order valence-corrected chi connectivity index (χ1v) is 6.77. The van der Waals surface area contributed by atoms with Crippen molar-refractivity contribution in [1.82, 2.24) is 4.98 Å². The van der Waals surface area contributed by atoms with Crippen molar-refractivity contribution in [2.45, 2.75) is 19.8 Å². The Morgan fingerprint density at radius 3 is 2.68 bits per heavy atom. The Hall–Kier alpha value is -2.08. The van der Waals surface area contributed by atoms with Gasteiger partial charge in [-0.25, -0.2) is 4.98 Å². The van der Waals surface area contributed by atoms with Crippen LogP contribution in [0.25, 0.3) is 0 Å². The fraction of sp³-hybridized carbons (Fsp3) is 0.231. The van der Waals surface area contributed by atoms with Crippen LogP contribution in [0.3, 0.4) is 0 Å². The van der Waals surface area contributed by atoms with Crippen LogP contribution in [0.5, 0.6) is 0 Å². The van der Waals surface area contributed by atoms with Crippen LogP contribution in [-0.4, -0.2) is 10.9 Å². The van der Waals surface area contributed by atoms with Crippen molar-refractivity contribution in [1.29, 1.82) is 0 Å². The zero-order valence-corrected chi connectivity index (χ0v) is 11.6. The summed E-state index contributed by atoms with van der Waals surface area (Å²) in [5.74, 6) is 0.0608. The van der Waals surface area contributed by atoms with Crippen LogP contribution in [0, 0.1) is 0 Å². The van der Waals surface area contributed by atoms with Gasteiger partial charge in [0.25, 0.3) is 5.91 Å². The molecule has 0 aliphatic heterocycles. The van der Waals surface area contributed by atoms with E-state index in [0.29, 0.717) is 28.0 Å². The number of aromatic nitrogens is 1. The van der Waals surface area contributed by atoms with Gasteiger partial charge in [-0.15, -0.1) is 11.3 Å². The van der Waals surface area contributed by atoms with Gasteiger partial charge in [0.2, 0.25) is 0 Å². The van der Waals surface area contributed by atoms with Gasteiger partial charge in [0.15, 0.2) is 5.13 Å². The molecule has 5 N–H and O–H groups in total. The standard InChI is InChI=1S/C13H16N4OS/c1-7(2)11-6-19-13(16-11)17-12(18)9-4-3-8(14)5-10(9)15/h3-7H,14-15H2,1-2H3,(H,16,17,18). The number of rotatable bonds is 3. The van der Waals surface area contributed by atoms with Crippen LogP contribution >= 0.6 is 11.3 Å². The Balaban J connectivity index is 2.16. The molecule has 1 aromatic heterocycles. The van der Waals surface area contributed by atoms with Crippen molar-refractivity contribution in [3.05, 3.63) is 34.8 Å². The minimum atomic E-state index is -0.276. The Labute approximate surface area is 115 Å². The number of thiazole rings is 1. The first kappa shape index (κ1) is 13.4. The number of hydrogen-bond acceptors (Lipinski definition) is 5. The van der Waals surface area contributed by atoms with E-state index in [4.69, 9.17) is 11.5 Å². The molecule has 1 aromatic carbocycles. The van der Waals surface area contributed by atoms with Crippen LogP contribution in [0.4, 0.5) is 16.5 Å². The Morgan fingerprint density at radius 1 is 1.37 bits per heavy atom. The maximum Gasteiger partial charge on any atom is 0.259 e. The molecule has 1 heterocycles. The van der Waals surface area contributed by atoms with Gasteiger partial charge in [-0.05, 0) is 24.1 Å². The molecule has 0 saturated carbocycles. The molecule has 2 aromatic rings. The lowest BCUT2D eigenvalue weighted by atomic mass is 10.1. The average molecular weight is 276 g/mol. The van der Waals surface area contributed by atoms with Crippen LogP contribution in [0.1, 0.15) is 35.8 Å². The lowest BCUT2D eigenvalue weighted by Gasteiger charge is -2.06. The summed E-state index contributed by atoms with van der Waals surface area (Å²) in [6, 6.07) is 4.82. The molecule has 100 valence electrons. The van der Waals surface area contributed by atoms with Crippen LogP contribution in [0.2, 0.25) is 0 Å². The summed E-state index contributed by atoms with van der Waals surface area (Å²) >= 11 is 1.40. The molecule has 6 heteroatoms. The van der Waals surface area contributed by atoms with Gasteiger partial charge in [-0.1, -0.05) is 13.8 Å². The zero-order chi connectivity index (χ0) is 14.0. The Bertz CT molecular complexity index is 606. The minimum Gasteiger partial charge on any atom is -0.399 e. The van der Waals surface area contributed by atoms with Gasteiger partial charge in [-0.3, -0.25) is 10.1 Å². The summed E-state index contributed by atoms with van der Waals surface area (Å²) in [5.41, 5.74) is 13.6. The first-order valence-electron chi connectivity index (χ1n) is 5.89. The number of anilines is 3. The summed E-state index contributed by atoms with van der Waals surface area (Å²) in [6.07, 6.45) is 0. The Morgan fingerprint density at radius 2 is 2.11 bits per heavy atom. The largest absolute Gasteiger partial charge is 0.399 e. The SMILES string of the molecule is CC(C)c1csc(NC(=O)c2ccc(N)cc2N)n1. The molecule has 0 fully saturated rings. The first-order chi connectivity index (χ1) is 8.97. The summed E-state index contributed by atoms with van der Waals surface area (Å²) in [6.45, 7) is 4.11. The number of nitrogens with two attached hydrogens (primary N) is 2. The number of nitrogens with zero attached hydrogens (tertiary/aromatic N) is 1. The molecular formula is C13H16N4OS. The zero-order valence-electron chi connectivity index (χ0n) is 10.8. The second-order valence-electron chi connectivity index (χ2n) is 4.53. The number of amides is 1. The van der Waals surface area contributed by atoms with Gasteiger partial charge < -0.3 is 11.5 Å². The van der Waals surface area contributed by atoms with Crippen molar-refractivity contribution in [3.63, 3.8) is 0 Å².